The highest BCUT2D eigenvalue weighted by Gasteiger charge is 2.15. The van der Waals surface area contributed by atoms with Gasteiger partial charge in [0.1, 0.15) is 11.6 Å². The van der Waals surface area contributed by atoms with Crippen LogP contribution in [0.25, 0.3) is 22.8 Å². The van der Waals surface area contributed by atoms with E-state index >= 15 is 0 Å². The third-order valence-electron chi connectivity index (χ3n) is 2.71. The van der Waals surface area contributed by atoms with Crippen molar-refractivity contribution in [2.24, 2.45) is 0 Å². The molecule has 0 bridgehead atoms. The van der Waals surface area contributed by atoms with Crippen LogP contribution in [0.2, 0.25) is 0 Å². The quantitative estimate of drug-likeness (QED) is 0.776. The smallest absolute Gasteiger partial charge is 0.262 e. The molecule has 6 heteroatoms. The maximum atomic E-state index is 12.9. The van der Waals surface area contributed by atoms with Gasteiger partial charge in [0.25, 0.3) is 5.89 Å². The molecule has 0 saturated heterocycles. The van der Waals surface area contributed by atoms with Crippen LogP contribution in [0.1, 0.15) is 5.56 Å². The van der Waals surface area contributed by atoms with Gasteiger partial charge >= 0.3 is 0 Å². The summed E-state index contributed by atoms with van der Waals surface area (Å²) in [6, 6.07) is 3.65. The van der Waals surface area contributed by atoms with Crippen LogP contribution in [0, 0.1) is 12.7 Å². The van der Waals surface area contributed by atoms with Gasteiger partial charge in [-0.15, -0.1) is 0 Å². The molecular weight excluding hydrogens is 267 g/mol. The van der Waals surface area contributed by atoms with Crippen LogP contribution in [-0.4, -0.2) is 15.2 Å². The number of aryl methyl sites for hydroxylation is 1. The van der Waals surface area contributed by atoms with Gasteiger partial charge in [-0.2, -0.15) is 16.3 Å². The second-order valence-electron chi connectivity index (χ2n) is 4.05. The van der Waals surface area contributed by atoms with E-state index in [0.717, 1.165) is 17.2 Å². The fourth-order valence-corrected chi connectivity index (χ4v) is 2.54. The number of nitrogens with zero attached hydrogens (tertiary/aromatic N) is 2. The molecule has 2 heterocycles. The molecule has 0 saturated carbocycles. The van der Waals surface area contributed by atoms with Crippen molar-refractivity contribution in [1.29, 1.82) is 0 Å². The maximum absolute atomic E-state index is 12.9. The van der Waals surface area contributed by atoms with E-state index in [2.05, 4.69) is 10.1 Å². The molecular formula is C13H9FN2O2S. The Bertz CT molecular complexity index is 736. The lowest BCUT2D eigenvalue weighted by atomic mass is 10.2. The molecule has 1 aromatic carbocycles. The summed E-state index contributed by atoms with van der Waals surface area (Å²) >= 11 is 1.55. The molecule has 0 aliphatic carbocycles. The number of rotatable bonds is 2. The zero-order valence-corrected chi connectivity index (χ0v) is 10.7. The summed E-state index contributed by atoms with van der Waals surface area (Å²) in [5, 5.41) is 17.5. The van der Waals surface area contributed by atoms with Crippen LogP contribution in [0.4, 0.5) is 4.39 Å². The number of aromatic nitrogens is 2. The molecule has 0 unspecified atom stereocenters. The number of hydrogen-bond acceptors (Lipinski definition) is 5. The standard InChI is InChI=1S/C13H9FN2O2S/c1-7-5-19-6-10(7)12-15-13(18-16-12)9-3-2-8(14)4-11(9)17/h2-6,17H,1H3. The molecule has 0 aliphatic heterocycles. The van der Waals surface area contributed by atoms with E-state index in [-0.39, 0.29) is 11.6 Å². The summed E-state index contributed by atoms with van der Waals surface area (Å²) in [5.74, 6) is -0.123. The second kappa shape index (κ2) is 4.47. The van der Waals surface area contributed by atoms with Crippen molar-refractivity contribution in [2.45, 2.75) is 6.92 Å². The molecule has 0 radical (unpaired) electrons. The first-order chi connectivity index (χ1) is 9.15. The van der Waals surface area contributed by atoms with Crippen molar-refractivity contribution < 1.29 is 14.0 Å². The van der Waals surface area contributed by atoms with Crippen LogP contribution >= 0.6 is 11.3 Å². The van der Waals surface area contributed by atoms with Gasteiger partial charge in [0, 0.05) is 17.0 Å². The summed E-state index contributed by atoms with van der Waals surface area (Å²) in [6.07, 6.45) is 0. The van der Waals surface area contributed by atoms with E-state index in [1.165, 1.54) is 12.1 Å². The molecule has 19 heavy (non-hydrogen) atoms. The summed E-state index contributed by atoms with van der Waals surface area (Å²) in [5.41, 5.74) is 2.26. The van der Waals surface area contributed by atoms with Crippen LogP contribution in [-0.2, 0) is 0 Å². The number of halogens is 1. The van der Waals surface area contributed by atoms with Gasteiger partial charge in [0.2, 0.25) is 5.82 Å². The van der Waals surface area contributed by atoms with Crippen LogP contribution in [0.5, 0.6) is 5.75 Å². The SMILES string of the molecule is Cc1cscc1-c1noc(-c2ccc(F)cc2O)n1. The Kier molecular flexibility index (Phi) is 2.79. The number of thiophene rings is 1. The van der Waals surface area contributed by atoms with E-state index in [9.17, 15) is 9.50 Å². The van der Waals surface area contributed by atoms with Gasteiger partial charge < -0.3 is 9.63 Å². The second-order valence-corrected chi connectivity index (χ2v) is 4.80. The monoisotopic (exact) mass is 276 g/mol. The number of phenols is 1. The van der Waals surface area contributed by atoms with Crippen molar-refractivity contribution in [1.82, 2.24) is 10.1 Å². The van der Waals surface area contributed by atoms with Crippen molar-refractivity contribution >= 4 is 11.3 Å². The highest BCUT2D eigenvalue weighted by Crippen LogP contribution is 2.31. The van der Waals surface area contributed by atoms with Crippen LogP contribution < -0.4 is 0 Å². The fourth-order valence-electron chi connectivity index (χ4n) is 1.72. The average Bonchev–Trinajstić information content (AvgIpc) is 2.97. The summed E-state index contributed by atoms with van der Waals surface area (Å²) < 4.78 is 18.0. The zero-order valence-electron chi connectivity index (χ0n) is 9.92. The number of phenolic OH excluding ortho intramolecular Hbond substituents is 1. The first-order valence-electron chi connectivity index (χ1n) is 5.51. The Morgan fingerprint density at radius 3 is 2.79 bits per heavy atom. The molecule has 3 aromatic rings. The largest absolute Gasteiger partial charge is 0.507 e. The summed E-state index contributed by atoms with van der Waals surface area (Å²) in [4.78, 5) is 4.22. The van der Waals surface area contributed by atoms with Crippen molar-refractivity contribution in [3.05, 3.63) is 40.3 Å². The number of hydrogen-bond donors (Lipinski definition) is 1. The van der Waals surface area contributed by atoms with E-state index in [1.807, 2.05) is 17.7 Å². The lowest BCUT2D eigenvalue weighted by Gasteiger charge is -1.98. The first kappa shape index (κ1) is 11.9. The highest BCUT2D eigenvalue weighted by molar-refractivity contribution is 7.08. The minimum atomic E-state index is -0.519. The molecule has 4 nitrogen and oxygen atoms in total. The Morgan fingerprint density at radius 2 is 2.11 bits per heavy atom. The summed E-state index contributed by atoms with van der Waals surface area (Å²) in [6.45, 7) is 1.96. The Labute approximate surface area is 112 Å². The minimum absolute atomic E-state index is 0.165. The zero-order chi connectivity index (χ0) is 13.4. The Morgan fingerprint density at radius 1 is 1.26 bits per heavy atom. The molecule has 1 N–H and O–H groups in total. The Hall–Kier alpha value is -2.21. The molecule has 0 atom stereocenters. The number of benzene rings is 1. The van der Waals surface area contributed by atoms with E-state index < -0.39 is 5.82 Å². The van der Waals surface area contributed by atoms with E-state index in [4.69, 9.17) is 4.52 Å². The van der Waals surface area contributed by atoms with Gasteiger partial charge in [-0.25, -0.2) is 4.39 Å². The van der Waals surface area contributed by atoms with Gasteiger partial charge in [-0.05, 0) is 30.0 Å². The van der Waals surface area contributed by atoms with Gasteiger partial charge in [0.15, 0.2) is 0 Å². The minimum Gasteiger partial charge on any atom is -0.507 e. The molecule has 0 aliphatic rings. The predicted octanol–water partition coefficient (Wildman–Crippen LogP) is 3.62. The molecule has 2 aromatic heterocycles. The van der Waals surface area contributed by atoms with Gasteiger partial charge in [-0.1, -0.05) is 5.16 Å². The normalized spacial score (nSPS) is 10.8. The Balaban J connectivity index is 2.04. The molecule has 0 amide bonds. The molecule has 96 valence electrons. The van der Waals surface area contributed by atoms with E-state index in [1.54, 1.807) is 11.3 Å². The third kappa shape index (κ3) is 2.10. The lowest BCUT2D eigenvalue weighted by Crippen LogP contribution is -1.83. The topological polar surface area (TPSA) is 59.2 Å². The average molecular weight is 276 g/mol. The maximum Gasteiger partial charge on any atom is 0.262 e. The first-order valence-corrected chi connectivity index (χ1v) is 6.45. The van der Waals surface area contributed by atoms with Crippen molar-refractivity contribution in [3.8, 4) is 28.6 Å². The fraction of sp³-hybridized carbons (Fsp3) is 0.0769. The van der Waals surface area contributed by atoms with Crippen molar-refractivity contribution in [3.63, 3.8) is 0 Å². The lowest BCUT2D eigenvalue weighted by molar-refractivity contribution is 0.425. The molecule has 3 rings (SSSR count). The van der Waals surface area contributed by atoms with Gasteiger partial charge in [-0.3, -0.25) is 0 Å². The highest BCUT2D eigenvalue weighted by atomic mass is 32.1. The third-order valence-corrected chi connectivity index (χ3v) is 3.57. The van der Waals surface area contributed by atoms with Gasteiger partial charge in [0.05, 0.1) is 5.56 Å². The van der Waals surface area contributed by atoms with E-state index in [0.29, 0.717) is 11.4 Å². The molecule has 0 spiro atoms. The van der Waals surface area contributed by atoms with Crippen LogP contribution in [0.15, 0.2) is 33.5 Å². The summed E-state index contributed by atoms with van der Waals surface area (Å²) in [7, 11) is 0. The predicted molar refractivity (Wildman–Crippen MR) is 69.4 cm³/mol. The number of aromatic hydroxyl groups is 1. The van der Waals surface area contributed by atoms with Crippen LogP contribution in [0.3, 0.4) is 0 Å². The molecule has 0 fully saturated rings. The van der Waals surface area contributed by atoms with Crippen molar-refractivity contribution in [2.75, 3.05) is 0 Å².